The molecule has 10 nitrogen and oxygen atoms in total. The van der Waals surface area contributed by atoms with Gasteiger partial charge in [-0.15, -0.1) is 0 Å². The third kappa shape index (κ3) is 7.31. The van der Waals surface area contributed by atoms with Gasteiger partial charge in [-0.3, -0.25) is 4.79 Å². The van der Waals surface area contributed by atoms with Crippen molar-refractivity contribution < 1.29 is 33.8 Å². The second kappa shape index (κ2) is 12.4. The summed E-state index contributed by atoms with van der Waals surface area (Å²) >= 11 is 0. The standard InChI is InChI=1S/C30H37N3O7/c1-30(2,3)40-29(38)31-19-9-8-16-33(17-19)26(34)15-14-25(27(35)36)32-28(37)39-18-24-22-12-6-4-10-20(22)21-11-5-7-13-23(21)24/h4-7,10-13,19,24-25H,8-9,14-18H2,1-3H3,(H,31,38)(H,32,37)(H,35,36)/t19-,25+/m1/s1. The Hall–Kier alpha value is -4.08. The Morgan fingerprint density at radius 1 is 1.00 bits per heavy atom. The number of piperidine rings is 1. The van der Waals surface area contributed by atoms with Gasteiger partial charge in [0, 0.05) is 31.5 Å². The van der Waals surface area contributed by atoms with Crippen LogP contribution in [0.1, 0.15) is 63.5 Å². The van der Waals surface area contributed by atoms with Crippen LogP contribution in [0.25, 0.3) is 11.1 Å². The third-order valence-electron chi connectivity index (χ3n) is 7.08. The summed E-state index contributed by atoms with van der Waals surface area (Å²) in [7, 11) is 0. The van der Waals surface area contributed by atoms with Crippen LogP contribution < -0.4 is 10.6 Å². The van der Waals surface area contributed by atoms with Gasteiger partial charge >= 0.3 is 18.2 Å². The van der Waals surface area contributed by atoms with E-state index < -0.39 is 29.8 Å². The van der Waals surface area contributed by atoms with Crippen molar-refractivity contribution in [1.82, 2.24) is 15.5 Å². The molecule has 0 spiro atoms. The van der Waals surface area contributed by atoms with Gasteiger partial charge in [0.2, 0.25) is 5.91 Å². The molecule has 40 heavy (non-hydrogen) atoms. The van der Waals surface area contributed by atoms with Crippen molar-refractivity contribution in [2.75, 3.05) is 19.7 Å². The van der Waals surface area contributed by atoms with Crippen molar-refractivity contribution >= 4 is 24.1 Å². The fourth-order valence-corrected chi connectivity index (χ4v) is 5.26. The Labute approximate surface area is 234 Å². The number of benzene rings is 2. The van der Waals surface area contributed by atoms with Gasteiger partial charge in [-0.25, -0.2) is 14.4 Å². The fourth-order valence-electron chi connectivity index (χ4n) is 5.26. The summed E-state index contributed by atoms with van der Waals surface area (Å²) in [5, 5.41) is 14.9. The van der Waals surface area contributed by atoms with E-state index in [1.54, 1.807) is 25.7 Å². The van der Waals surface area contributed by atoms with E-state index in [4.69, 9.17) is 9.47 Å². The molecule has 3 amide bonds. The number of nitrogens with one attached hydrogen (secondary N) is 2. The molecular formula is C30H37N3O7. The van der Waals surface area contributed by atoms with E-state index in [2.05, 4.69) is 10.6 Å². The Morgan fingerprint density at radius 3 is 2.23 bits per heavy atom. The molecule has 0 unspecified atom stereocenters. The lowest BCUT2D eigenvalue weighted by molar-refractivity contribution is -0.140. The number of carboxylic acids is 1. The summed E-state index contributed by atoms with van der Waals surface area (Å²) in [6, 6.07) is 14.3. The average Bonchev–Trinajstić information content (AvgIpc) is 3.22. The first-order valence-electron chi connectivity index (χ1n) is 13.6. The minimum Gasteiger partial charge on any atom is -0.480 e. The van der Waals surface area contributed by atoms with E-state index in [9.17, 15) is 24.3 Å². The van der Waals surface area contributed by atoms with Crippen LogP contribution in [0.2, 0.25) is 0 Å². The van der Waals surface area contributed by atoms with Crippen molar-refractivity contribution in [2.24, 2.45) is 0 Å². The van der Waals surface area contributed by atoms with Gasteiger partial charge < -0.3 is 30.1 Å². The Morgan fingerprint density at radius 2 is 1.62 bits per heavy atom. The molecule has 2 atom stereocenters. The maximum absolute atomic E-state index is 12.8. The molecule has 2 aliphatic rings. The van der Waals surface area contributed by atoms with Crippen LogP contribution in [0, 0.1) is 0 Å². The van der Waals surface area contributed by atoms with Gasteiger partial charge in [-0.05, 0) is 62.3 Å². The lowest BCUT2D eigenvalue weighted by Gasteiger charge is -2.34. The molecule has 0 radical (unpaired) electrons. The maximum Gasteiger partial charge on any atom is 0.407 e. The van der Waals surface area contributed by atoms with Crippen LogP contribution in [0.4, 0.5) is 9.59 Å². The number of nitrogens with zero attached hydrogens (tertiary/aromatic N) is 1. The SMILES string of the molecule is CC(C)(C)OC(=O)N[C@@H]1CCCN(C(=O)CC[C@H](NC(=O)OCC2c3ccccc3-c3ccccc32)C(=O)O)C1. The summed E-state index contributed by atoms with van der Waals surface area (Å²) in [5.74, 6) is -1.63. The number of likely N-dealkylation sites (tertiary alicyclic amines) is 1. The van der Waals surface area contributed by atoms with Crippen molar-refractivity contribution in [2.45, 2.75) is 70.1 Å². The Balaban J connectivity index is 1.27. The number of carbonyl (C=O) groups is 4. The van der Waals surface area contributed by atoms with Gasteiger partial charge in [0.25, 0.3) is 0 Å². The summed E-state index contributed by atoms with van der Waals surface area (Å²) in [4.78, 5) is 51.0. The number of fused-ring (bicyclic) bond motifs is 3. The van der Waals surface area contributed by atoms with Crippen LogP contribution in [0.5, 0.6) is 0 Å². The molecule has 1 heterocycles. The van der Waals surface area contributed by atoms with Crippen molar-refractivity contribution in [1.29, 1.82) is 0 Å². The highest BCUT2D eigenvalue weighted by Gasteiger charge is 2.31. The Kier molecular flexibility index (Phi) is 8.96. The predicted octanol–water partition coefficient (Wildman–Crippen LogP) is 4.27. The number of alkyl carbamates (subject to hydrolysis) is 2. The summed E-state index contributed by atoms with van der Waals surface area (Å²) in [6.45, 7) is 6.22. The van der Waals surface area contributed by atoms with Gasteiger partial charge in [-0.2, -0.15) is 0 Å². The highest BCUT2D eigenvalue weighted by Crippen LogP contribution is 2.44. The van der Waals surface area contributed by atoms with E-state index >= 15 is 0 Å². The third-order valence-corrected chi connectivity index (χ3v) is 7.08. The molecular weight excluding hydrogens is 514 g/mol. The minimum absolute atomic E-state index is 0.0605. The second-order valence-electron chi connectivity index (χ2n) is 11.2. The molecule has 214 valence electrons. The van der Waals surface area contributed by atoms with Crippen molar-refractivity contribution in [3.63, 3.8) is 0 Å². The number of hydrogen-bond donors (Lipinski definition) is 3. The first-order valence-corrected chi connectivity index (χ1v) is 13.6. The van der Waals surface area contributed by atoms with E-state index in [0.29, 0.717) is 25.9 Å². The normalized spacial score (nSPS) is 17.3. The Bertz CT molecular complexity index is 1210. The van der Waals surface area contributed by atoms with Crippen LogP contribution in [0.15, 0.2) is 48.5 Å². The first kappa shape index (κ1) is 28.9. The number of aliphatic carboxylic acids is 1. The lowest BCUT2D eigenvalue weighted by atomic mass is 9.98. The van der Waals surface area contributed by atoms with Crippen molar-refractivity contribution in [3.05, 3.63) is 59.7 Å². The van der Waals surface area contributed by atoms with E-state index in [-0.39, 0.29) is 37.3 Å². The van der Waals surface area contributed by atoms with Crippen LogP contribution in [0.3, 0.4) is 0 Å². The smallest absolute Gasteiger partial charge is 0.407 e. The molecule has 2 aromatic carbocycles. The second-order valence-corrected chi connectivity index (χ2v) is 11.2. The molecule has 0 saturated carbocycles. The molecule has 1 aliphatic heterocycles. The summed E-state index contributed by atoms with van der Waals surface area (Å²) in [5.41, 5.74) is 3.67. The largest absolute Gasteiger partial charge is 0.480 e. The zero-order chi connectivity index (χ0) is 28.9. The molecule has 0 bridgehead atoms. The highest BCUT2D eigenvalue weighted by molar-refractivity contribution is 5.82. The van der Waals surface area contributed by atoms with Crippen LogP contribution in [-0.2, 0) is 19.1 Å². The molecule has 1 aliphatic carbocycles. The molecule has 10 heteroatoms. The number of hydrogen-bond acceptors (Lipinski definition) is 6. The molecule has 0 aromatic heterocycles. The maximum atomic E-state index is 12.8. The molecule has 1 fully saturated rings. The minimum atomic E-state index is -1.28. The average molecular weight is 552 g/mol. The van der Waals surface area contributed by atoms with Gasteiger partial charge in [-0.1, -0.05) is 48.5 Å². The topological polar surface area (TPSA) is 134 Å². The number of rotatable bonds is 8. The zero-order valence-corrected chi connectivity index (χ0v) is 23.1. The summed E-state index contributed by atoms with van der Waals surface area (Å²) in [6.07, 6.45) is -0.124. The van der Waals surface area contributed by atoms with E-state index in [0.717, 1.165) is 22.3 Å². The van der Waals surface area contributed by atoms with Gasteiger partial charge in [0.15, 0.2) is 0 Å². The molecule has 2 aromatic rings. The monoisotopic (exact) mass is 551 g/mol. The highest BCUT2D eigenvalue weighted by atomic mass is 16.6. The van der Waals surface area contributed by atoms with Crippen molar-refractivity contribution in [3.8, 4) is 11.1 Å². The predicted molar refractivity (Wildman–Crippen MR) is 148 cm³/mol. The molecule has 1 saturated heterocycles. The molecule has 4 rings (SSSR count). The molecule has 3 N–H and O–H groups in total. The first-order chi connectivity index (χ1) is 19.0. The van der Waals surface area contributed by atoms with Crippen LogP contribution in [-0.4, -0.2) is 71.5 Å². The van der Waals surface area contributed by atoms with Gasteiger partial charge in [0.05, 0.1) is 0 Å². The van der Waals surface area contributed by atoms with Gasteiger partial charge in [0.1, 0.15) is 18.2 Å². The number of amides is 3. The van der Waals surface area contributed by atoms with E-state index in [1.165, 1.54) is 0 Å². The number of carboxylic acid groups (broad SMARTS) is 1. The quantitative estimate of drug-likeness (QED) is 0.446. The fraction of sp³-hybridized carbons (Fsp3) is 0.467. The van der Waals surface area contributed by atoms with E-state index in [1.807, 2.05) is 48.5 Å². The van der Waals surface area contributed by atoms with Crippen LogP contribution >= 0.6 is 0 Å². The number of ether oxygens (including phenoxy) is 2. The zero-order valence-electron chi connectivity index (χ0n) is 23.1. The number of carbonyl (C=O) groups excluding carboxylic acids is 3. The summed E-state index contributed by atoms with van der Waals surface area (Å²) < 4.78 is 10.8. The lowest BCUT2D eigenvalue weighted by Crippen LogP contribution is -2.50.